The van der Waals surface area contributed by atoms with Gasteiger partial charge in [-0.25, -0.2) is 8.42 Å². The quantitative estimate of drug-likeness (QED) is 0.791. The van der Waals surface area contributed by atoms with Crippen LogP contribution in [0.3, 0.4) is 0 Å². The molecule has 1 heterocycles. The summed E-state index contributed by atoms with van der Waals surface area (Å²) >= 11 is 0. The van der Waals surface area contributed by atoms with Crippen LogP contribution in [-0.4, -0.2) is 38.3 Å². The number of piperidine rings is 1. The van der Waals surface area contributed by atoms with Crippen molar-refractivity contribution >= 4 is 15.9 Å². The van der Waals surface area contributed by atoms with E-state index in [1.807, 2.05) is 18.2 Å². The van der Waals surface area contributed by atoms with Gasteiger partial charge in [0, 0.05) is 25.6 Å². The minimum absolute atomic E-state index is 0.0203. The highest BCUT2D eigenvalue weighted by Crippen LogP contribution is 2.25. The number of sulfonamides is 1. The third-order valence-corrected chi connectivity index (χ3v) is 7.36. The van der Waals surface area contributed by atoms with Crippen molar-refractivity contribution in [1.82, 2.24) is 9.62 Å². The second-order valence-corrected chi connectivity index (χ2v) is 9.16. The Morgan fingerprint density at radius 2 is 1.79 bits per heavy atom. The summed E-state index contributed by atoms with van der Waals surface area (Å²) < 4.78 is 27.1. The zero-order valence-corrected chi connectivity index (χ0v) is 17.3. The van der Waals surface area contributed by atoms with Crippen LogP contribution in [0.25, 0.3) is 0 Å². The summed E-state index contributed by atoms with van der Waals surface area (Å²) in [6, 6.07) is 16.3. The third kappa shape index (κ3) is 4.84. The maximum absolute atomic E-state index is 12.9. The molecule has 152 valence electrons. The summed E-state index contributed by atoms with van der Waals surface area (Å²) in [5.41, 5.74) is 2.56. The zero-order valence-electron chi connectivity index (χ0n) is 16.5. The predicted molar refractivity (Wildman–Crippen MR) is 111 cm³/mol. The van der Waals surface area contributed by atoms with Crippen molar-refractivity contribution in [2.45, 2.75) is 31.1 Å². The molecule has 1 aliphatic rings. The number of aryl methyl sites for hydroxylation is 1. The number of nitrogens with zero attached hydrogens (tertiary/aromatic N) is 2. The first-order valence-electron chi connectivity index (χ1n) is 9.75. The first-order chi connectivity index (χ1) is 13.9. The van der Waals surface area contributed by atoms with Gasteiger partial charge >= 0.3 is 0 Å². The lowest BCUT2D eigenvalue weighted by Gasteiger charge is -2.30. The lowest BCUT2D eigenvalue weighted by molar-refractivity contribution is -0.126. The van der Waals surface area contributed by atoms with Gasteiger partial charge in [0.1, 0.15) is 6.07 Å². The molecule has 0 bridgehead atoms. The summed E-state index contributed by atoms with van der Waals surface area (Å²) in [6.07, 6.45) is 1.73. The Labute approximate surface area is 172 Å². The molecule has 0 unspecified atom stereocenters. The molecular weight excluding hydrogens is 386 g/mol. The van der Waals surface area contributed by atoms with Crippen molar-refractivity contribution in [1.29, 1.82) is 5.26 Å². The van der Waals surface area contributed by atoms with Crippen molar-refractivity contribution in [2.24, 2.45) is 5.92 Å². The molecule has 0 spiro atoms. The number of hydrogen-bond donors (Lipinski definition) is 1. The smallest absolute Gasteiger partial charge is 0.244 e. The van der Waals surface area contributed by atoms with Crippen LogP contribution < -0.4 is 5.32 Å². The Kier molecular flexibility index (Phi) is 6.68. The van der Waals surface area contributed by atoms with Crippen LogP contribution in [-0.2, 0) is 21.2 Å². The van der Waals surface area contributed by atoms with Gasteiger partial charge in [-0.05, 0) is 49.4 Å². The fourth-order valence-corrected chi connectivity index (χ4v) is 5.25. The van der Waals surface area contributed by atoms with E-state index in [1.165, 1.54) is 27.6 Å². The number of nitriles is 1. The predicted octanol–water partition coefficient (Wildman–Crippen LogP) is 2.63. The van der Waals surface area contributed by atoms with Gasteiger partial charge < -0.3 is 5.32 Å². The van der Waals surface area contributed by atoms with Crippen LogP contribution >= 0.6 is 0 Å². The van der Waals surface area contributed by atoms with E-state index in [4.69, 9.17) is 0 Å². The van der Waals surface area contributed by atoms with Crippen molar-refractivity contribution in [3.05, 3.63) is 65.2 Å². The van der Waals surface area contributed by atoms with Crippen molar-refractivity contribution < 1.29 is 13.2 Å². The highest BCUT2D eigenvalue weighted by Gasteiger charge is 2.33. The second-order valence-electron chi connectivity index (χ2n) is 7.25. The number of rotatable bonds is 6. The molecule has 1 fully saturated rings. The van der Waals surface area contributed by atoms with E-state index in [9.17, 15) is 18.5 Å². The molecule has 0 radical (unpaired) electrons. The first-order valence-corrected chi connectivity index (χ1v) is 11.2. The summed E-state index contributed by atoms with van der Waals surface area (Å²) in [5, 5.41) is 12.2. The lowest BCUT2D eigenvalue weighted by atomic mass is 9.97. The van der Waals surface area contributed by atoms with E-state index >= 15 is 0 Å². The summed E-state index contributed by atoms with van der Waals surface area (Å²) in [6.45, 7) is 3.17. The lowest BCUT2D eigenvalue weighted by Crippen LogP contribution is -2.43. The van der Waals surface area contributed by atoms with Crippen molar-refractivity contribution in [3.63, 3.8) is 0 Å². The van der Waals surface area contributed by atoms with E-state index in [2.05, 4.69) is 24.4 Å². The fourth-order valence-electron chi connectivity index (χ4n) is 3.64. The van der Waals surface area contributed by atoms with Crippen LogP contribution in [0.4, 0.5) is 0 Å². The molecule has 6 nitrogen and oxygen atoms in total. The Morgan fingerprint density at radius 1 is 1.14 bits per heavy atom. The van der Waals surface area contributed by atoms with E-state index < -0.39 is 10.0 Å². The molecule has 2 aromatic rings. The number of carbonyl (C=O) groups excluding carboxylic acids is 1. The molecule has 0 saturated carbocycles. The summed E-state index contributed by atoms with van der Waals surface area (Å²) in [5.74, 6) is -0.211. The van der Waals surface area contributed by atoms with Crippen molar-refractivity contribution in [3.8, 4) is 6.07 Å². The minimum Gasteiger partial charge on any atom is -0.356 e. The number of nitrogens with one attached hydrogen (secondary N) is 1. The summed E-state index contributed by atoms with van der Waals surface area (Å²) in [7, 11) is -3.73. The Bertz CT molecular complexity index is 1020. The highest BCUT2D eigenvalue weighted by atomic mass is 32.2. The number of hydrogen-bond acceptors (Lipinski definition) is 4. The maximum atomic E-state index is 12.9. The normalized spacial score (nSPS) is 15.6. The van der Waals surface area contributed by atoms with Gasteiger partial charge in [-0.3, -0.25) is 4.79 Å². The molecule has 7 heteroatoms. The van der Waals surface area contributed by atoms with Gasteiger partial charge in [-0.2, -0.15) is 9.57 Å². The molecule has 1 N–H and O–H groups in total. The van der Waals surface area contributed by atoms with E-state index in [1.54, 1.807) is 12.1 Å². The van der Waals surface area contributed by atoms with Gasteiger partial charge in [0.15, 0.2) is 0 Å². The Balaban J connectivity index is 1.54. The van der Waals surface area contributed by atoms with E-state index in [0.717, 1.165) is 6.42 Å². The molecule has 0 atom stereocenters. The van der Waals surface area contributed by atoms with Crippen molar-refractivity contribution in [2.75, 3.05) is 19.6 Å². The van der Waals surface area contributed by atoms with Gasteiger partial charge in [0.2, 0.25) is 15.9 Å². The largest absolute Gasteiger partial charge is 0.356 e. The molecule has 29 heavy (non-hydrogen) atoms. The maximum Gasteiger partial charge on any atom is 0.244 e. The van der Waals surface area contributed by atoms with Crippen LogP contribution in [0.1, 0.15) is 29.5 Å². The van der Waals surface area contributed by atoms with Gasteiger partial charge in [-0.15, -0.1) is 0 Å². The van der Waals surface area contributed by atoms with Gasteiger partial charge in [0.25, 0.3) is 0 Å². The molecule has 3 rings (SSSR count). The zero-order chi connectivity index (χ0) is 20.9. The second kappa shape index (κ2) is 9.21. The average Bonchev–Trinajstić information content (AvgIpc) is 2.75. The average molecular weight is 412 g/mol. The standard InChI is InChI=1S/C22H25N3O3S/c1-17-6-2-3-7-18(17)10-13-24-22(26)19-11-14-25(15-12-19)29(27,28)21-9-5-4-8-20(21)16-23/h2-9,19H,10-15H2,1H3,(H,24,26). The van der Waals surface area contributed by atoms with Crippen LogP contribution in [0, 0.1) is 24.2 Å². The number of benzene rings is 2. The Hall–Kier alpha value is -2.69. The minimum atomic E-state index is -3.73. The molecule has 0 aliphatic carbocycles. The van der Waals surface area contributed by atoms with E-state index in [-0.39, 0.29) is 35.4 Å². The molecule has 2 aromatic carbocycles. The molecule has 0 aromatic heterocycles. The fraction of sp³-hybridized carbons (Fsp3) is 0.364. The van der Waals surface area contributed by atoms with Crippen LogP contribution in [0.15, 0.2) is 53.4 Å². The SMILES string of the molecule is Cc1ccccc1CCNC(=O)C1CCN(S(=O)(=O)c2ccccc2C#N)CC1. The Morgan fingerprint density at radius 3 is 2.48 bits per heavy atom. The third-order valence-electron chi connectivity index (χ3n) is 5.40. The summed E-state index contributed by atoms with van der Waals surface area (Å²) in [4.78, 5) is 12.5. The van der Waals surface area contributed by atoms with E-state index in [0.29, 0.717) is 19.4 Å². The van der Waals surface area contributed by atoms with Gasteiger partial charge in [-0.1, -0.05) is 36.4 Å². The monoisotopic (exact) mass is 411 g/mol. The highest BCUT2D eigenvalue weighted by molar-refractivity contribution is 7.89. The molecule has 1 aliphatic heterocycles. The number of carbonyl (C=O) groups is 1. The van der Waals surface area contributed by atoms with Gasteiger partial charge in [0.05, 0.1) is 10.5 Å². The van der Waals surface area contributed by atoms with Crippen LogP contribution in [0.5, 0.6) is 0 Å². The molecule has 1 saturated heterocycles. The first kappa shape index (κ1) is 21.0. The topological polar surface area (TPSA) is 90.3 Å². The molecular formula is C22H25N3O3S. The number of amides is 1. The van der Waals surface area contributed by atoms with Crippen LogP contribution in [0.2, 0.25) is 0 Å². The molecule has 1 amide bonds.